The first-order valence-electron chi connectivity index (χ1n) is 6.11. The zero-order valence-electron chi connectivity index (χ0n) is 11.4. The van der Waals surface area contributed by atoms with Gasteiger partial charge in [0, 0.05) is 6.08 Å². The molecule has 0 amide bonds. The van der Waals surface area contributed by atoms with E-state index < -0.39 is 5.97 Å². The molecule has 0 heterocycles. The van der Waals surface area contributed by atoms with Crippen LogP contribution in [0.15, 0.2) is 34.9 Å². The van der Waals surface area contributed by atoms with Crippen molar-refractivity contribution in [1.29, 1.82) is 0 Å². The van der Waals surface area contributed by atoms with Crippen molar-refractivity contribution in [2.24, 2.45) is 0 Å². The summed E-state index contributed by atoms with van der Waals surface area (Å²) < 4.78 is 0. The third kappa shape index (κ3) is 11.0. The summed E-state index contributed by atoms with van der Waals surface area (Å²) in [5.74, 6) is -0.839. The molecule has 0 bridgehead atoms. The van der Waals surface area contributed by atoms with Crippen LogP contribution < -0.4 is 0 Å². The molecule has 0 aromatic rings. The standard InChI is InChI=1S/C15H24O2/c1-12(2)7-5-9-14(11-15(16)17)10-6-8-13(3)4/h7-8,11H,5-6,9-10H2,1-4H3,(H,16,17). The molecule has 0 aliphatic carbocycles. The molecule has 2 nitrogen and oxygen atoms in total. The minimum atomic E-state index is -0.839. The first-order valence-corrected chi connectivity index (χ1v) is 6.11. The Bertz CT molecular complexity index is 301. The fraction of sp³-hybridized carbons (Fsp3) is 0.533. The summed E-state index contributed by atoms with van der Waals surface area (Å²) in [7, 11) is 0. The average Bonchev–Trinajstić information content (AvgIpc) is 2.15. The topological polar surface area (TPSA) is 37.3 Å². The second-order valence-corrected chi connectivity index (χ2v) is 4.78. The van der Waals surface area contributed by atoms with Gasteiger partial charge < -0.3 is 5.11 Å². The molecule has 0 saturated carbocycles. The molecule has 0 aliphatic heterocycles. The van der Waals surface area contributed by atoms with Crippen molar-refractivity contribution in [2.45, 2.75) is 53.4 Å². The van der Waals surface area contributed by atoms with Crippen molar-refractivity contribution in [3.05, 3.63) is 34.9 Å². The van der Waals surface area contributed by atoms with Crippen molar-refractivity contribution in [3.63, 3.8) is 0 Å². The molecule has 0 spiro atoms. The minimum Gasteiger partial charge on any atom is -0.478 e. The van der Waals surface area contributed by atoms with Crippen LogP contribution in [0.3, 0.4) is 0 Å². The predicted octanol–water partition coefficient (Wildman–Crippen LogP) is 4.49. The lowest BCUT2D eigenvalue weighted by Crippen LogP contribution is -1.93. The molecule has 1 N–H and O–H groups in total. The molecule has 0 radical (unpaired) electrons. The highest BCUT2D eigenvalue weighted by atomic mass is 16.4. The molecule has 0 saturated heterocycles. The van der Waals surface area contributed by atoms with Crippen LogP contribution in [0.5, 0.6) is 0 Å². The Morgan fingerprint density at radius 3 is 1.65 bits per heavy atom. The molecule has 0 rings (SSSR count). The van der Waals surface area contributed by atoms with Crippen LogP contribution in [-0.2, 0) is 4.79 Å². The Balaban J connectivity index is 4.30. The summed E-state index contributed by atoms with van der Waals surface area (Å²) >= 11 is 0. The molecule has 17 heavy (non-hydrogen) atoms. The zero-order chi connectivity index (χ0) is 13.3. The van der Waals surface area contributed by atoms with Crippen LogP contribution in [-0.4, -0.2) is 11.1 Å². The quantitative estimate of drug-likeness (QED) is 0.522. The van der Waals surface area contributed by atoms with Crippen molar-refractivity contribution >= 4 is 5.97 Å². The molecule has 0 aliphatic rings. The summed E-state index contributed by atoms with van der Waals surface area (Å²) in [5, 5.41) is 8.79. The molecular weight excluding hydrogens is 212 g/mol. The molecule has 96 valence electrons. The van der Waals surface area contributed by atoms with E-state index in [2.05, 4.69) is 39.8 Å². The predicted molar refractivity (Wildman–Crippen MR) is 73.0 cm³/mol. The van der Waals surface area contributed by atoms with Crippen LogP contribution in [0, 0.1) is 0 Å². The summed E-state index contributed by atoms with van der Waals surface area (Å²) in [6.07, 6.45) is 9.19. The number of allylic oxidation sites excluding steroid dienone is 5. The van der Waals surface area contributed by atoms with Gasteiger partial charge in [0.05, 0.1) is 0 Å². The number of aliphatic carboxylic acids is 1. The van der Waals surface area contributed by atoms with Gasteiger partial charge in [-0.2, -0.15) is 0 Å². The van der Waals surface area contributed by atoms with Gasteiger partial charge in [-0.1, -0.05) is 28.9 Å². The summed E-state index contributed by atoms with van der Waals surface area (Å²) in [5.41, 5.74) is 3.58. The Morgan fingerprint density at radius 2 is 1.35 bits per heavy atom. The minimum absolute atomic E-state index is 0.839. The number of hydrogen-bond donors (Lipinski definition) is 1. The maximum atomic E-state index is 10.7. The molecule has 0 fully saturated rings. The third-order valence-electron chi connectivity index (χ3n) is 2.36. The van der Waals surface area contributed by atoms with E-state index in [0.29, 0.717) is 0 Å². The Kier molecular flexibility index (Phi) is 8.12. The number of rotatable bonds is 7. The number of carboxylic acid groups (broad SMARTS) is 1. The highest BCUT2D eigenvalue weighted by Gasteiger charge is 1.99. The lowest BCUT2D eigenvalue weighted by Gasteiger charge is -2.04. The van der Waals surface area contributed by atoms with E-state index >= 15 is 0 Å². The maximum absolute atomic E-state index is 10.7. The Hall–Kier alpha value is -1.31. The first-order chi connectivity index (χ1) is 7.91. The average molecular weight is 236 g/mol. The molecule has 2 heteroatoms. The SMILES string of the molecule is CC(C)=CCCC(=CC(=O)O)CCC=C(C)C. The van der Waals surface area contributed by atoms with E-state index in [0.717, 1.165) is 31.3 Å². The lowest BCUT2D eigenvalue weighted by molar-refractivity contribution is -0.131. The normalized spacial score (nSPS) is 9.41. The molecule has 0 unspecified atom stereocenters. The van der Waals surface area contributed by atoms with Crippen molar-refractivity contribution in [3.8, 4) is 0 Å². The van der Waals surface area contributed by atoms with Gasteiger partial charge in [0.25, 0.3) is 0 Å². The number of carbonyl (C=O) groups is 1. The van der Waals surface area contributed by atoms with Gasteiger partial charge in [-0.3, -0.25) is 0 Å². The van der Waals surface area contributed by atoms with Crippen LogP contribution in [0.1, 0.15) is 53.4 Å². The lowest BCUT2D eigenvalue weighted by atomic mass is 10.0. The van der Waals surface area contributed by atoms with Gasteiger partial charge in [-0.15, -0.1) is 0 Å². The van der Waals surface area contributed by atoms with Crippen molar-refractivity contribution in [2.75, 3.05) is 0 Å². The first kappa shape index (κ1) is 15.7. The highest BCUT2D eigenvalue weighted by molar-refractivity contribution is 5.80. The zero-order valence-corrected chi connectivity index (χ0v) is 11.4. The van der Waals surface area contributed by atoms with Gasteiger partial charge in [-0.25, -0.2) is 4.79 Å². The Morgan fingerprint density at radius 1 is 0.941 bits per heavy atom. The van der Waals surface area contributed by atoms with E-state index in [-0.39, 0.29) is 0 Å². The fourth-order valence-electron chi connectivity index (χ4n) is 1.54. The molecule has 0 aromatic carbocycles. The van der Waals surface area contributed by atoms with Gasteiger partial charge in [0.1, 0.15) is 0 Å². The smallest absolute Gasteiger partial charge is 0.328 e. The molecule has 0 atom stereocenters. The Labute approximate surface area is 105 Å². The highest BCUT2D eigenvalue weighted by Crippen LogP contribution is 2.14. The summed E-state index contributed by atoms with van der Waals surface area (Å²) in [6.45, 7) is 8.24. The van der Waals surface area contributed by atoms with E-state index in [1.807, 2.05) is 0 Å². The number of hydrogen-bond acceptors (Lipinski definition) is 1. The van der Waals surface area contributed by atoms with E-state index in [1.54, 1.807) is 0 Å². The fourth-order valence-corrected chi connectivity index (χ4v) is 1.54. The largest absolute Gasteiger partial charge is 0.478 e. The maximum Gasteiger partial charge on any atom is 0.328 e. The van der Waals surface area contributed by atoms with Gasteiger partial charge in [0.2, 0.25) is 0 Å². The molecular formula is C15H24O2. The summed E-state index contributed by atoms with van der Waals surface area (Å²) in [4.78, 5) is 10.7. The van der Waals surface area contributed by atoms with Crippen molar-refractivity contribution in [1.82, 2.24) is 0 Å². The third-order valence-corrected chi connectivity index (χ3v) is 2.36. The van der Waals surface area contributed by atoms with Crippen molar-refractivity contribution < 1.29 is 9.90 Å². The van der Waals surface area contributed by atoms with Crippen LogP contribution in [0.25, 0.3) is 0 Å². The van der Waals surface area contributed by atoms with E-state index in [4.69, 9.17) is 5.11 Å². The van der Waals surface area contributed by atoms with Crippen LogP contribution in [0.4, 0.5) is 0 Å². The second-order valence-electron chi connectivity index (χ2n) is 4.78. The van der Waals surface area contributed by atoms with E-state index in [9.17, 15) is 4.79 Å². The van der Waals surface area contributed by atoms with E-state index in [1.165, 1.54) is 17.2 Å². The monoisotopic (exact) mass is 236 g/mol. The number of carboxylic acids is 1. The van der Waals surface area contributed by atoms with Gasteiger partial charge in [0.15, 0.2) is 0 Å². The van der Waals surface area contributed by atoms with Gasteiger partial charge in [-0.05, 0) is 53.4 Å². The molecule has 0 aromatic heterocycles. The van der Waals surface area contributed by atoms with Crippen LogP contribution >= 0.6 is 0 Å². The summed E-state index contributed by atoms with van der Waals surface area (Å²) in [6, 6.07) is 0. The second kappa shape index (κ2) is 8.80. The van der Waals surface area contributed by atoms with Crippen LogP contribution in [0.2, 0.25) is 0 Å². The van der Waals surface area contributed by atoms with Gasteiger partial charge >= 0.3 is 5.97 Å².